The van der Waals surface area contributed by atoms with Crippen molar-refractivity contribution >= 4 is 11.0 Å². The number of aromatic nitrogens is 3. The third-order valence-electron chi connectivity index (χ3n) is 4.21. The van der Waals surface area contributed by atoms with E-state index in [2.05, 4.69) is 23.8 Å². The number of hydrogen-bond donors (Lipinski definition) is 0. The summed E-state index contributed by atoms with van der Waals surface area (Å²) in [4.78, 5) is 16.8. The van der Waals surface area contributed by atoms with E-state index in [4.69, 9.17) is 4.98 Å². The molecule has 0 unspecified atom stereocenters. The van der Waals surface area contributed by atoms with Crippen LogP contribution in [-0.4, -0.2) is 14.1 Å². The van der Waals surface area contributed by atoms with Crippen molar-refractivity contribution < 1.29 is 0 Å². The minimum Gasteiger partial charge on any atom is -0.319 e. The highest BCUT2D eigenvalue weighted by molar-refractivity contribution is 5.80. The van der Waals surface area contributed by atoms with Gasteiger partial charge in [-0.25, -0.2) is 4.98 Å². The molecular formula is C21H21N3O. The average Bonchev–Trinajstić information content (AvgIpc) is 2.97. The molecule has 3 rings (SSSR count). The molecule has 0 atom stereocenters. The van der Waals surface area contributed by atoms with E-state index in [1.165, 1.54) is 0 Å². The van der Waals surface area contributed by atoms with Crippen molar-refractivity contribution in [2.45, 2.75) is 13.5 Å². The molecule has 4 heteroatoms. The highest BCUT2D eigenvalue weighted by atomic mass is 16.1. The van der Waals surface area contributed by atoms with Crippen LogP contribution in [0.25, 0.3) is 22.4 Å². The molecule has 4 nitrogen and oxygen atoms in total. The third kappa shape index (κ3) is 3.11. The number of benzene rings is 1. The lowest BCUT2D eigenvalue weighted by Crippen LogP contribution is -2.18. The fraction of sp³-hybridized carbons (Fsp3) is 0.143. The number of imidazole rings is 1. The number of hydrogen-bond acceptors (Lipinski definition) is 2. The van der Waals surface area contributed by atoms with E-state index in [-0.39, 0.29) is 5.56 Å². The van der Waals surface area contributed by atoms with Crippen LogP contribution in [0.5, 0.6) is 0 Å². The first-order valence-electron chi connectivity index (χ1n) is 8.12. The topological polar surface area (TPSA) is 39.8 Å². The molecule has 0 aliphatic rings. The van der Waals surface area contributed by atoms with E-state index in [1.54, 1.807) is 17.7 Å². The van der Waals surface area contributed by atoms with Gasteiger partial charge in [0.05, 0.1) is 11.0 Å². The van der Waals surface area contributed by atoms with E-state index in [1.807, 2.05) is 49.5 Å². The predicted octanol–water partition coefficient (Wildman–Crippen LogP) is 4.01. The van der Waals surface area contributed by atoms with Gasteiger partial charge in [-0.1, -0.05) is 43.5 Å². The van der Waals surface area contributed by atoms with Gasteiger partial charge in [-0.05, 0) is 30.7 Å². The molecule has 126 valence electrons. The van der Waals surface area contributed by atoms with Crippen LogP contribution in [0.15, 0.2) is 78.3 Å². The zero-order valence-corrected chi connectivity index (χ0v) is 14.6. The Morgan fingerprint density at radius 2 is 2.04 bits per heavy atom. The Morgan fingerprint density at radius 1 is 1.28 bits per heavy atom. The molecule has 0 bridgehead atoms. The molecule has 0 aliphatic heterocycles. The molecule has 0 N–H and O–H groups in total. The minimum atomic E-state index is 0.00439. The Morgan fingerprint density at radius 3 is 2.72 bits per heavy atom. The van der Waals surface area contributed by atoms with E-state index in [0.29, 0.717) is 12.1 Å². The molecule has 0 spiro atoms. The van der Waals surface area contributed by atoms with Gasteiger partial charge >= 0.3 is 0 Å². The van der Waals surface area contributed by atoms with Crippen LogP contribution >= 0.6 is 0 Å². The quantitative estimate of drug-likeness (QED) is 0.663. The van der Waals surface area contributed by atoms with Gasteiger partial charge in [0, 0.05) is 30.9 Å². The highest BCUT2D eigenvalue weighted by Gasteiger charge is 2.14. The lowest BCUT2D eigenvalue weighted by Gasteiger charge is -2.11. The number of para-hydroxylation sites is 2. The molecule has 0 aliphatic carbocycles. The third-order valence-corrected chi connectivity index (χ3v) is 4.21. The maximum absolute atomic E-state index is 12.0. The van der Waals surface area contributed by atoms with Crippen LogP contribution < -0.4 is 5.56 Å². The molecule has 0 radical (unpaired) electrons. The number of pyridine rings is 1. The molecule has 0 saturated heterocycles. The molecule has 0 fully saturated rings. The monoisotopic (exact) mass is 331 g/mol. The molecule has 2 aromatic heterocycles. The zero-order valence-electron chi connectivity index (χ0n) is 14.6. The number of fused-ring (bicyclic) bond motifs is 1. The number of rotatable bonds is 5. The molecule has 2 heterocycles. The summed E-state index contributed by atoms with van der Waals surface area (Å²) < 4.78 is 3.74. The van der Waals surface area contributed by atoms with Gasteiger partial charge in [-0.15, -0.1) is 0 Å². The van der Waals surface area contributed by atoms with Crippen LogP contribution in [0.2, 0.25) is 0 Å². The normalized spacial score (nSPS) is 11.7. The van der Waals surface area contributed by atoms with Crippen LogP contribution in [-0.2, 0) is 13.6 Å². The summed E-state index contributed by atoms with van der Waals surface area (Å²) in [5.41, 5.74) is 4.62. The van der Waals surface area contributed by atoms with Gasteiger partial charge in [-0.3, -0.25) is 4.79 Å². The van der Waals surface area contributed by atoms with Gasteiger partial charge in [-0.2, -0.15) is 0 Å². The second-order valence-corrected chi connectivity index (χ2v) is 6.02. The summed E-state index contributed by atoms with van der Waals surface area (Å²) in [5, 5.41) is 0. The molecule has 25 heavy (non-hydrogen) atoms. The van der Waals surface area contributed by atoms with Crippen molar-refractivity contribution in [2.24, 2.45) is 7.05 Å². The smallest absolute Gasteiger partial charge is 0.253 e. The maximum atomic E-state index is 12.0. The van der Waals surface area contributed by atoms with Gasteiger partial charge in [0.25, 0.3) is 5.56 Å². The lowest BCUT2D eigenvalue weighted by atomic mass is 10.2. The summed E-state index contributed by atoms with van der Waals surface area (Å²) >= 11 is 0. The maximum Gasteiger partial charge on any atom is 0.253 e. The van der Waals surface area contributed by atoms with Crippen molar-refractivity contribution in [3.63, 3.8) is 0 Å². The Balaban J connectivity index is 2.26. The largest absolute Gasteiger partial charge is 0.319 e. The summed E-state index contributed by atoms with van der Waals surface area (Å²) in [6, 6.07) is 9.92. The standard InChI is InChI=1S/C21H21N3O/c1-5-9-16(6-2)13-24-19-11-8-7-10-18(19)22-20(24)17-12-15(3)21(25)23(4)14-17/h5-12,14H,1-2,13H2,3-4H3/b16-9+. The van der Waals surface area contributed by atoms with E-state index >= 15 is 0 Å². The summed E-state index contributed by atoms with van der Waals surface area (Å²) in [7, 11) is 1.76. The number of aryl methyl sites for hydroxylation is 2. The number of nitrogens with zero attached hydrogens (tertiary/aromatic N) is 3. The Labute approximate surface area is 147 Å². The highest BCUT2D eigenvalue weighted by Crippen LogP contribution is 2.26. The predicted molar refractivity (Wildman–Crippen MR) is 104 cm³/mol. The number of allylic oxidation sites excluding steroid dienone is 4. The first kappa shape index (κ1) is 16.7. The summed E-state index contributed by atoms with van der Waals surface area (Å²) in [6.45, 7) is 10.1. The molecule has 0 amide bonds. The average molecular weight is 331 g/mol. The minimum absolute atomic E-state index is 0.00439. The lowest BCUT2D eigenvalue weighted by molar-refractivity contribution is 0.819. The van der Waals surface area contributed by atoms with Crippen molar-refractivity contribution in [1.82, 2.24) is 14.1 Å². The van der Waals surface area contributed by atoms with Crippen LogP contribution in [0.3, 0.4) is 0 Å². The van der Waals surface area contributed by atoms with Crippen molar-refractivity contribution in [1.29, 1.82) is 0 Å². The van der Waals surface area contributed by atoms with E-state index < -0.39 is 0 Å². The van der Waals surface area contributed by atoms with Gasteiger partial charge in [0.1, 0.15) is 5.82 Å². The van der Waals surface area contributed by atoms with Crippen LogP contribution in [0.4, 0.5) is 0 Å². The van der Waals surface area contributed by atoms with Gasteiger partial charge in [0.15, 0.2) is 0 Å². The zero-order chi connectivity index (χ0) is 18.0. The second kappa shape index (κ2) is 6.77. The SMILES string of the molecule is C=C/C=C(\C=C)Cn1c(-c2cc(C)c(=O)n(C)c2)nc2ccccc21. The summed E-state index contributed by atoms with van der Waals surface area (Å²) in [5.74, 6) is 0.830. The van der Waals surface area contributed by atoms with Crippen LogP contribution in [0, 0.1) is 6.92 Å². The first-order valence-corrected chi connectivity index (χ1v) is 8.12. The van der Waals surface area contributed by atoms with Crippen molar-refractivity contribution in [2.75, 3.05) is 0 Å². The van der Waals surface area contributed by atoms with Crippen molar-refractivity contribution in [3.05, 3.63) is 89.4 Å². The molecule has 1 aromatic carbocycles. The fourth-order valence-corrected chi connectivity index (χ4v) is 2.98. The molecule has 0 saturated carbocycles. The van der Waals surface area contributed by atoms with Crippen LogP contribution in [0.1, 0.15) is 5.56 Å². The van der Waals surface area contributed by atoms with E-state index in [0.717, 1.165) is 28.0 Å². The molecule has 3 aromatic rings. The van der Waals surface area contributed by atoms with Gasteiger partial charge < -0.3 is 9.13 Å². The second-order valence-electron chi connectivity index (χ2n) is 6.02. The van der Waals surface area contributed by atoms with E-state index in [9.17, 15) is 4.79 Å². The fourth-order valence-electron chi connectivity index (χ4n) is 2.98. The Kier molecular flexibility index (Phi) is 4.52. The summed E-state index contributed by atoms with van der Waals surface area (Å²) in [6.07, 6.45) is 7.35. The molecular weight excluding hydrogens is 310 g/mol. The first-order chi connectivity index (χ1) is 12.0. The Hall–Kier alpha value is -3.14. The van der Waals surface area contributed by atoms with Gasteiger partial charge in [0.2, 0.25) is 0 Å². The Bertz CT molecular complexity index is 1020. The van der Waals surface area contributed by atoms with Crippen molar-refractivity contribution in [3.8, 4) is 11.4 Å².